The summed E-state index contributed by atoms with van der Waals surface area (Å²) in [6, 6.07) is 8.03. The first-order valence-corrected chi connectivity index (χ1v) is 9.68. The van der Waals surface area contributed by atoms with Crippen LogP contribution in [-0.2, 0) is 17.8 Å². The Hall–Kier alpha value is -2.51. The lowest BCUT2D eigenvalue weighted by Gasteiger charge is -2.29. The van der Waals surface area contributed by atoms with Crippen LogP contribution in [0.3, 0.4) is 0 Å². The highest BCUT2D eigenvalue weighted by Crippen LogP contribution is 2.33. The maximum Gasteiger partial charge on any atom is 0.257 e. The smallest absolute Gasteiger partial charge is 0.257 e. The lowest BCUT2D eigenvalue weighted by Crippen LogP contribution is -2.39. The Morgan fingerprint density at radius 1 is 1.17 bits per heavy atom. The van der Waals surface area contributed by atoms with Crippen LogP contribution in [0.1, 0.15) is 11.1 Å². The molecule has 0 spiro atoms. The van der Waals surface area contributed by atoms with Crippen molar-refractivity contribution in [3.8, 4) is 17.2 Å². The van der Waals surface area contributed by atoms with Crippen molar-refractivity contribution in [2.24, 2.45) is 0 Å². The zero-order valence-electron chi connectivity index (χ0n) is 16.5. The predicted octanol–water partition coefficient (Wildman–Crippen LogP) is 3.05. The van der Waals surface area contributed by atoms with E-state index in [4.69, 9.17) is 25.8 Å². The number of fused-ring (bicyclic) bond motifs is 1. The third kappa shape index (κ3) is 5.52. The van der Waals surface area contributed by atoms with Crippen LogP contribution in [-0.4, -0.2) is 51.3 Å². The van der Waals surface area contributed by atoms with E-state index in [1.165, 1.54) is 29.3 Å². The largest absolute Gasteiger partial charge is 0.493 e. The molecule has 2 aromatic carbocycles. The number of halogens is 2. The number of carbonyl (C=O) groups is 1. The molecule has 0 saturated carbocycles. The third-order valence-corrected chi connectivity index (χ3v) is 5.10. The second-order valence-electron chi connectivity index (χ2n) is 6.72. The Bertz CT molecular complexity index is 878. The van der Waals surface area contributed by atoms with E-state index in [0.717, 1.165) is 37.6 Å². The van der Waals surface area contributed by atoms with E-state index in [2.05, 4.69) is 10.2 Å². The van der Waals surface area contributed by atoms with Gasteiger partial charge < -0.3 is 19.5 Å². The normalized spacial score (nSPS) is 13.5. The fourth-order valence-corrected chi connectivity index (χ4v) is 3.42. The summed E-state index contributed by atoms with van der Waals surface area (Å²) >= 11 is 5.69. The van der Waals surface area contributed by atoms with Crippen molar-refractivity contribution in [2.45, 2.75) is 13.0 Å². The van der Waals surface area contributed by atoms with Crippen molar-refractivity contribution in [1.29, 1.82) is 0 Å². The zero-order chi connectivity index (χ0) is 20.8. The van der Waals surface area contributed by atoms with Gasteiger partial charge in [-0.3, -0.25) is 9.69 Å². The summed E-state index contributed by atoms with van der Waals surface area (Å²) in [5.41, 5.74) is 2.46. The number of ether oxygens (including phenoxy) is 3. The molecule has 0 aliphatic carbocycles. The molecule has 2 aromatic rings. The SMILES string of the molecule is COc1cc2c(cc1OC)CN(CCNC(=O)COc1ccc(F)c(Cl)c1)CC2. The highest BCUT2D eigenvalue weighted by molar-refractivity contribution is 6.30. The van der Waals surface area contributed by atoms with Gasteiger partial charge in [0.15, 0.2) is 18.1 Å². The maximum absolute atomic E-state index is 13.1. The molecule has 1 aliphatic heterocycles. The van der Waals surface area contributed by atoms with Gasteiger partial charge in [-0.2, -0.15) is 0 Å². The van der Waals surface area contributed by atoms with E-state index in [1.54, 1.807) is 14.2 Å². The van der Waals surface area contributed by atoms with E-state index in [9.17, 15) is 9.18 Å². The third-order valence-electron chi connectivity index (χ3n) is 4.81. The molecule has 8 heteroatoms. The first-order valence-electron chi connectivity index (χ1n) is 9.31. The van der Waals surface area contributed by atoms with Crippen molar-refractivity contribution < 1.29 is 23.4 Å². The summed E-state index contributed by atoms with van der Waals surface area (Å²) in [5, 5.41) is 2.79. The van der Waals surface area contributed by atoms with Crippen LogP contribution in [0, 0.1) is 5.82 Å². The number of rotatable bonds is 8. The minimum atomic E-state index is -0.525. The second kappa shape index (κ2) is 9.80. The van der Waals surface area contributed by atoms with Crippen LogP contribution in [0.15, 0.2) is 30.3 Å². The molecule has 3 rings (SSSR count). The molecule has 0 unspecified atom stereocenters. The number of nitrogens with zero attached hydrogens (tertiary/aromatic N) is 1. The molecular weight excluding hydrogens is 399 g/mol. The zero-order valence-corrected chi connectivity index (χ0v) is 17.2. The van der Waals surface area contributed by atoms with Crippen LogP contribution in [0.2, 0.25) is 5.02 Å². The lowest BCUT2D eigenvalue weighted by molar-refractivity contribution is -0.123. The van der Waals surface area contributed by atoms with Gasteiger partial charge in [0.05, 0.1) is 19.2 Å². The lowest BCUT2D eigenvalue weighted by atomic mass is 9.99. The summed E-state index contributed by atoms with van der Waals surface area (Å²) in [5.74, 6) is 1.05. The van der Waals surface area contributed by atoms with Crippen LogP contribution in [0.25, 0.3) is 0 Å². The van der Waals surface area contributed by atoms with E-state index < -0.39 is 5.82 Å². The fraction of sp³-hybridized carbons (Fsp3) is 0.381. The fourth-order valence-electron chi connectivity index (χ4n) is 3.25. The van der Waals surface area contributed by atoms with Gasteiger partial charge in [-0.1, -0.05) is 11.6 Å². The Morgan fingerprint density at radius 3 is 2.59 bits per heavy atom. The average Bonchev–Trinajstić information content (AvgIpc) is 2.73. The van der Waals surface area contributed by atoms with E-state index in [-0.39, 0.29) is 17.5 Å². The van der Waals surface area contributed by atoms with Crippen molar-refractivity contribution in [3.63, 3.8) is 0 Å². The minimum absolute atomic E-state index is 0.0393. The molecule has 0 bridgehead atoms. The van der Waals surface area contributed by atoms with Gasteiger partial charge in [-0.15, -0.1) is 0 Å². The molecule has 1 amide bonds. The molecular formula is C21H24ClFN2O4. The van der Waals surface area contributed by atoms with Gasteiger partial charge in [-0.05, 0) is 41.8 Å². The second-order valence-corrected chi connectivity index (χ2v) is 7.12. The van der Waals surface area contributed by atoms with Gasteiger partial charge in [0.1, 0.15) is 11.6 Å². The summed E-state index contributed by atoms with van der Waals surface area (Å²) < 4.78 is 29.2. The Kier molecular flexibility index (Phi) is 7.17. The van der Waals surface area contributed by atoms with E-state index >= 15 is 0 Å². The highest BCUT2D eigenvalue weighted by Gasteiger charge is 2.19. The molecule has 1 aliphatic rings. The Labute approximate surface area is 174 Å². The van der Waals surface area contributed by atoms with Gasteiger partial charge >= 0.3 is 0 Å². The first-order chi connectivity index (χ1) is 14.0. The number of benzene rings is 2. The summed E-state index contributed by atoms with van der Waals surface area (Å²) in [7, 11) is 3.26. The van der Waals surface area contributed by atoms with Gasteiger partial charge in [0.2, 0.25) is 0 Å². The van der Waals surface area contributed by atoms with Crippen LogP contribution >= 0.6 is 11.6 Å². The van der Waals surface area contributed by atoms with Crippen LogP contribution < -0.4 is 19.5 Å². The molecule has 156 valence electrons. The maximum atomic E-state index is 13.1. The quantitative estimate of drug-likeness (QED) is 0.708. The number of nitrogens with one attached hydrogen (secondary N) is 1. The molecule has 0 radical (unpaired) electrons. The number of amides is 1. The van der Waals surface area contributed by atoms with Crippen molar-refractivity contribution in [1.82, 2.24) is 10.2 Å². The van der Waals surface area contributed by atoms with Gasteiger partial charge in [-0.25, -0.2) is 4.39 Å². The number of hydrogen-bond donors (Lipinski definition) is 1. The van der Waals surface area contributed by atoms with Gasteiger partial charge in [0.25, 0.3) is 5.91 Å². The average molecular weight is 423 g/mol. The topological polar surface area (TPSA) is 60.0 Å². The van der Waals surface area contributed by atoms with E-state index in [1.807, 2.05) is 12.1 Å². The standard InChI is InChI=1S/C21H24ClFN2O4/c1-27-19-9-14-5-7-25(12-15(14)10-20(19)28-2)8-6-24-21(26)13-29-16-3-4-18(23)17(22)11-16/h3-4,9-11H,5-8,12-13H2,1-2H3,(H,24,26). The van der Waals surface area contributed by atoms with Gasteiger partial charge in [0, 0.05) is 32.2 Å². The molecule has 29 heavy (non-hydrogen) atoms. The van der Waals surface area contributed by atoms with Crippen molar-refractivity contribution in [3.05, 3.63) is 52.3 Å². The Morgan fingerprint density at radius 2 is 1.90 bits per heavy atom. The minimum Gasteiger partial charge on any atom is -0.493 e. The predicted molar refractivity (Wildman–Crippen MR) is 108 cm³/mol. The van der Waals surface area contributed by atoms with Crippen molar-refractivity contribution >= 4 is 17.5 Å². The molecule has 0 atom stereocenters. The van der Waals surface area contributed by atoms with Crippen LogP contribution in [0.4, 0.5) is 4.39 Å². The summed E-state index contributed by atoms with van der Waals surface area (Å²) in [6.07, 6.45) is 0.915. The first kappa shape index (κ1) is 21.2. The van der Waals surface area contributed by atoms with Crippen LogP contribution in [0.5, 0.6) is 17.2 Å². The molecule has 1 N–H and O–H groups in total. The molecule has 0 saturated heterocycles. The summed E-state index contributed by atoms with van der Waals surface area (Å²) in [6.45, 7) is 2.78. The summed E-state index contributed by atoms with van der Waals surface area (Å²) in [4.78, 5) is 14.2. The highest BCUT2D eigenvalue weighted by atomic mass is 35.5. The number of methoxy groups -OCH3 is 2. The number of hydrogen-bond acceptors (Lipinski definition) is 5. The molecule has 0 fully saturated rings. The monoisotopic (exact) mass is 422 g/mol. The number of carbonyl (C=O) groups excluding carboxylic acids is 1. The molecule has 1 heterocycles. The molecule has 6 nitrogen and oxygen atoms in total. The van der Waals surface area contributed by atoms with E-state index in [0.29, 0.717) is 12.3 Å². The molecule has 0 aromatic heterocycles. The Balaban J connectivity index is 1.44. The van der Waals surface area contributed by atoms with Crippen molar-refractivity contribution in [2.75, 3.05) is 40.5 Å².